The summed E-state index contributed by atoms with van der Waals surface area (Å²) in [6, 6.07) is 8.84. The average Bonchev–Trinajstić information content (AvgIpc) is 2.97. The number of fused-ring (bicyclic) bond motifs is 1. The SMILES string of the molecule is CS(=O)c1ccc(C(=O)NC2CCCc3occc32)cc1. The van der Waals surface area contributed by atoms with E-state index in [9.17, 15) is 9.00 Å². The molecule has 1 aromatic carbocycles. The lowest BCUT2D eigenvalue weighted by Gasteiger charge is -2.22. The minimum atomic E-state index is -1.03. The van der Waals surface area contributed by atoms with Gasteiger partial charge in [0.1, 0.15) is 5.76 Å². The zero-order chi connectivity index (χ0) is 14.8. The quantitative estimate of drug-likeness (QED) is 0.948. The van der Waals surface area contributed by atoms with Gasteiger partial charge in [0, 0.05) is 39.5 Å². The summed E-state index contributed by atoms with van der Waals surface area (Å²) < 4.78 is 16.8. The first-order valence-corrected chi connectivity index (χ1v) is 8.51. The van der Waals surface area contributed by atoms with Gasteiger partial charge >= 0.3 is 0 Å². The van der Waals surface area contributed by atoms with E-state index < -0.39 is 10.8 Å². The van der Waals surface area contributed by atoms with Gasteiger partial charge in [0.15, 0.2) is 0 Å². The number of nitrogens with one attached hydrogen (secondary N) is 1. The van der Waals surface area contributed by atoms with Crippen molar-refractivity contribution in [1.29, 1.82) is 0 Å². The zero-order valence-corrected chi connectivity index (χ0v) is 12.6. The Morgan fingerprint density at radius 3 is 2.76 bits per heavy atom. The first-order chi connectivity index (χ1) is 10.1. The second-order valence-corrected chi connectivity index (χ2v) is 6.58. The maximum Gasteiger partial charge on any atom is 0.251 e. The van der Waals surface area contributed by atoms with Gasteiger partial charge < -0.3 is 9.73 Å². The number of carbonyl (C=O) groups is 1. The van der Waals surface area contributed by atoms with Crippen LogP contribution in [-0.4, -0.2) is 16.4 Å². The number of furan rings is 1. The van der Waals surface area contributed by atoms with Gasteiger partial charge in [-0.15, -0.1) is 0 Å². The molecule has 1 aromatic heterocycles. The number of benzene rings is 1. The fraction of sp³-hybridized carbons (Fsp3) is 0.312. The molecule has 0 fully saturated rings. The Morgan fingerprint density at radius 2 is 2.05 bits per heavy atom. The first-order valence-electron chi connectivity index (χ1n) is 6.96. The lowest BCUT2D eigenvalue weighted by atomic mass is 9.93. The number of hydrogen-bond acceptors (Lipinski definition) is 3. The molecule has 110 valence electrons. The lowest BCUT2D eigenvalue weighted by Crippen LogP contribution is -2.30. The highest BCUT2D eigenvalue weighted by molar-refractivity contribution is 7.84. The summed E-state index contributed by atoms with van der Waals surface area (Å²) in [6.45, 7) is 0. The van der Waals surface area contributed by atoms with Crippen molar-refractivity contribution in [2.24, 2.45) is 0 Å². The second kappa shape index (κ2) is 5.85. The van der Waals surface area contributed by atoms with Crippen LogP contribution >= 0.6 is 0 Å². The fourth-order valence-corrected chi connectivity index (χ4v) is 3.20. The number of hydrogen-bond donors (Lipinski definition) is 1. The van der Waals surface area contributed by atoms with Crippen molar-refractivity contribution in [2.75, 3.05) is 6.26 Å². The Hall–Kier alpha value is -1.88. The van der Waals surface area contributed by atoms with Gasteiger partial charge in [-0.3, -0.25) is 9.00 Å². The predicted molar refractivity (Wildman–Crippen MR) is 80.6 cm³/mol. The summed E-state index contributed by atoms with van der Waals surface area (Å²) in [7, 11) is -1.03. The normalized spacial score (nSPS) is 18.8. The maximum absolute atomic E-state index is 12.3. The van der Waals surface area contributed by atoms with Crippen LogP contribution < -0.4 is 5.32 Å². The third-order valence-electron chi connectivity index (χ3n) is 3.81. The largest absolute Gasteiger partial charge is 0.469 e. The van der Waals surface area contributed by atoms with Gasteiger partial charge in [-0.05, 0) is 43.2 Å². The monoisotopic (exact) mass is 303 g/mol. The molecule has 1 N–H and O–H groups in total. The molecule has 4 nitrogen and oxygen atoms in total. The highest BCUT2D eigenvalue weighted by Gasteiger charge is 2.24. The minimum absolute atomic E-state index is 0.0139. The number of aryl methyl sites for hydroxylation is 1. The van der Waals surface area contributed by atoms with Crippen molar-refractivity contribution in [3.05, 3.63) is 53.5 Å². The van der Waals surface area contributed by atoms with Crippen molar-refractivity contribution >= 4 is 16.7 Å². The number of rotatable bonds is 3. The topological polar surface area (TPSA) is 59.3 Å². The van der Waals surface area contributed by atoms with Gasteiger partial charge in [0.2, 0.25) is 0 Å². The van der Waals surface area contributed by atoms with E-state index >= 15 is 0 Å². The summed E-state index contributed by atoms with van der Waals surface area (Å²) >= 11 is 0. The van der Waals surface area contributed by atoms with Crippen LogP contribution in [0.5, 0.6) is 0 Å². The van der Waals surface area contributed by atoms with E-state index in [4.69, 9.17) is 4.42 Å². The molecule has 0 spiro atoms. The third kappa shape index (κ3) is 2.93. The van der Waals surface area contributed by atoms with Gasteiger partial charge in [0.25, 0.3) is 5.91 Å². The van der Waals surface area contributed by atoms with Crippen molar-refractivity contribution in [1.82, 2.24) is 5.32 Å². The highest BCUT2D eigenvalue weighted by atomic mass is 32.2. The van der Waals surface area contributed by atoms with Crippen molar-refractivity contribution in [2.45, 2.75) is 30.2 Å². The number of amides is 1. The van der Waals surface area contributed by atoms with Crippen LogP contribution in [0.3, 0.4) is 0 Å². The van der Waals surface area contributed by atoms with E-state index in [1.807, 2.05) is 6.07 Å². The van der Waals surface area contributed by atoms with Crippen molar-refractivity contribution < 1.29 is 13.4 Å². The van der Waals surface area contributed by atoms with E-state index in [1.165, 1.54) is 0 Å². The molecule has 0 bridgehead atoms. The Kier molecular flexibility index (Phi) is 3.92. The zero-order valence-electron chi connectivity index (χ0n) is 11.8. The van der Waals surface area contributed by atoms with Crippen LogP contribution in [-0.2, 0) is 17.2 Å². The molecule has 1 aliphatic carbocycles. The molecule has 0 saturated heterocycles. The van der Waals surface area contributed by atoms with Crippen LogP contribution in [0.4, 0.5) is 0 Å². The third-order valence-corrected chi connectivity index (χ3v) is 4.74. The molecule has 0 aliphatic heterocycles. The molecule has 3 rings (SSSR count). The average molecular weight is 303 g/mol. The van der Waals surface area contributed by atoms with E-state index in [-0.39, 0.29) is 11.9 Å². The van der Waals surface area contributed by atoms with Gasteiger partial charge in [-0.2, -0.15) is 0 Å². The van der Waals surface area contributed by atoms with Crippen molar-refractivity contribution in [3.8, 4) is 0 Å². The van der Waals surface area contributed by atoms with E-state index in [0.29, 0.717) is 5.56 Å². The number of carbonyl (C=O) groups excluding carboxylic acids is 1. The first kappa shape index (κ1) is 14.1. The van der Waals surface area contributed by atoms with Gasteiger partial charge in [-0.1, -0.05) is 0 Å². The Balaban J connectivity index is 1.74. The molecular formula is C16H17NO3S. The predicted octanol–water partition coefficient (Wildman–Crippen LogP) is 2.82. The minimum Gasteiger partial charge on any atom is -0.469 e. The molecule has 1 aliphatic rings. The molecule has 0 radical (unpaired) electrons. The molecule has 2 aromatic rings. The van der Waals surface area contributed by atoms with Crippen LogP contribution in [0, 0.1) is 0 Å². The maximum atomic E-state index is 12.3. The molecule has 0 saturated carbocycles. The van der Waals surface area contributed by atoms with Crippen molar-refractivity contribution in [3.63, 3.8) is 0 Å². The van der Waals surface area contributed by atoms with E-state index in [0.717, 1.165) is 35.5 Å². The van der Waals surface area contributed by atoms with Crippen LogP contribution in [0.2, 0.25) is 0 Å². The summed E-state index contributed by atoms with van der Waals surface area (Å²) in [5.74, 6) is 0.866. The summed E-state index contributed by atoms with van der Waals surface area (Å²) in [5.41, 5.74) is 1.67. The summed E-state index contributed by atoms with van der Waals surface area (Å²) in [6.07, 6.45) is 6.18. The summed E-state index contributed by atoms with van der Waals surface area (Å²) in [5, 5.41) is 3.05. The summed E-state index contributed by atoms with van der Waals surface area (Å²) in [4.78, 5) is 13.0. The Labute approximate surface area is 126 Å². The molecule has 1 heterocycles. The highest BCUT2D eigenvalue weighted by Crippen LogP contribution is 2.30. The molecular weight excluding hydrogens is 286 g/mol. The van der Waals surface area contributed by atoms with Gasteiger partial charge in [-0.25, -0.2) is 0 Å². The van der Waals surface area contributed by atoms with Gasteiger partial charge in [0.05, 0.1) is 12.3 Å². The van der Waals surface area contributed by atoms with Crippen LogP contribution in [0.1, 0.15) is 40.6 Å². The molecule has 5 heteroatoms. The van der Waals surface area contributed by atoms with Crippen LogP contribution in [0.25, 0.3) is 0 Å². The molecule has 2 unspecified atom stereocenters. The fourth-order valence-electron chi connectivity index (χ4n) is 2.68. The Bertz CT molecular complexity index is 675. The van der Waals surface area contributed by atoms with E-state index in [1.54, 1.807) is 36.8 Å². The lowest BCUT2D eigenvalue weighted by molar-refractivity contribution is 0.0932. The molecule has 21 heavy (non-hydrogen) atoms. The standard InChI is InChI=1S/C16H17NO3S/c1-21(19)12-7-5-11(6-8-12)16(18)17-14-3-2-4-15-13(14)9-10-20-15/h5-10,14H,2-4H2,1H3,(H,17,18). The van der Waals surface area contributed by atoms with Crippen LogP contribution in [0.15, 0.2) is 45.9 Å². The smallest absolute Gasteiger partial charge is 0.251 e. The molecule has 1 amide bonds. The second-order valence-electron chi connectivity index (χ2n) is 5.20. The Morgan fingerprint density at radius 1 is 1.29 bits per heavy atom. The molecule has 2 atom stereocenters. The van der Waals surface area contributed by atoms with E-state index in [2.05, 4.69) is 5.32 Å².